The highest BCUT2D eigenvalue weighted by atomic mass is 35.5. The summed E-state index contributed by atoms with van der Waals surface area (Å²) in [7, 11) is 3.18. The molecule has 0 atom stereocenters. The molecule has 0 aromatic heterocycles. The van der Waals surface area contributed by atoms with Gasteiger partial charge in [-0.3, -0.25) is 0 Å². The molecular weight excluding hydrogens is 306 g/mol. The molecule has 1 aliphatic rings. The topological polar surface area (TPSA) is 49.0 Å². The van der Waals surface area contributed by atoms with Gasteiger partial charge in [-0.05, 0) is 12.1 Å². The van der Waals surface area contributed by atoms with Gasteiger partial charge in [0.1, 0.15) is 19.0 Å². The summed E-state index contributed by atoms with van der Waals surface area (Å²) in [4.78, 5) is 0. The van der Waals surface area contributed by atoms with Gasteiger partial charge in [-0.1, -0.05) is 17.7 Å². The quantitative estimate of drug-likeness (QED) is 0.926. The molecular formula is C16H16ClNO4. The van der Waals surface area contributed by atoms with Crippen molar-refractivity contribution in [2.45, 2.75) is 0 Å². The van der Waals surface area contributed by atoms with Gasteiger partial charge in [-0.15, -0.1) is 0 Å². The maximum atomic E-state index is 6.14. The lowest BCUT2D eigenvalue weighted by Crippen LogP contribution is -2.15. The van der Waals surface area contributed by atoms with Gasteiger partial charge in [0.25, 0.3) is 0 Å². The minimum Gasteiger partial charge on any atom is -0.494 e. The molecule has 0 fully saturated rings. The summed E-state index contributed by atoms with van der Waals surface area (Å²) in [6.07, 6.45) is 0. The first-order valence-corrected chi connectivity index (χ1v) is 7.18. The normalized spacial score (nSPS) is 12.7. The number of hydrogen-bond acceptors (Lipinski definition) is 5. The average Bonchev–Trinajstić information content (AvgIpc) is 2.54. The van der Waals surface area contributed by atoms with E-state index in [0.717, 1.165) is 11.4 Å². The third kappa shape index (κ3) is 2.72. The van der Waals surface area contributed by atoms with Crippen LogP contribution in [0, 0.1) is 0 Å². The van der Waals surface area contributed by atoms with Crippen LogP contribution in [0.2, 0.25) is 5.02 Å². The molecule has 22 heavy (non-hydrogen) atoms. The van der Waals surface area contributed by atoms with E-state index in [1.54, 1.807) is 26.4 Å². The van der Waals surface area contributed by atoms with E-state index < -0.39 is 0 Å². The average molecular weight is 322 g/mol. The van der Waals surface area contributed by atoms with Gasteiger partial charge in [0, 0.05) is 12.1 Å². The van der Waals surface area contributed by atoms with Gasteiger partial charge in [-0.2, -0.15) is 0 Å². The molecule has 0 aliphatic carbocycles. The second-order valence-electron chi connectivity index (χ2n) is 4.64. The Hall–Kier alpha value is -2.27. The lowest BCUT2D eigenvalue weighted by Gasteiger charge is -2.21. The molecule has 0 spiro atoms. The molecule has 2 aromatic carbocycles. The Kier molecular flexibility index (Phi) is 4.15. The van der Waals surface area contributed by atoms with Gasteiger partial charge in [0.2, 0.25) is 0 Å². The van der Waals surface area contributed by atoms with E-state index in [9.17, 15) is 0 Å². The summed E-state index contributed by atoms with van der Waals surface area (Å²) in [5.41, 5.74) is 1.48. The molecule has 0 saturated heterocycles. The molecule has 1 heterocycles. The van der Waals surface area contributed by atoms with Crippen molar-refractivity contribution in [1.82, 2.24) is 0 Å². The number of methoxy groups -OCH3 is 2. The maximum Gasteiger partial charge on any atom is 0.165 e. The molecule has 2 aromatic rings. The van der Waals surface area contributed by atoms with Crippen LogP contribution in [-0.2, 0) is 0 Å². The molecule has 1 N–H and O–H groups in total. The maximum absolute atomic E-state index is 6.14. The van der Waals surface area contributed by atoms with E-state index in [2.05, 4.69) is 5.32 Å². The van der Waals surface area contributed by atoms with Gasteiger partial charge in [-0.25, -0.2) is 0 Å². The van der Waals surface area contributed by atoms with Crippen molar-refractivity contribution in [2.75, 3.05) is 32.8 Å². The zero-order valence-corrected chi connectivity index (χ0v) is 13.1. The molecule has 5 nitrogen and oxygen atoms in total. The molecule has 0 amide bonds. The summed E-state index contributed by atoms with van der Waals surface area (Å²) in [5, 5.41) is 3.80. The smallest absolute Gasteiger partial charge is 0.165 e. The number of halogens is 1. The highest BCUT2D eigenvalue weighted by molar-refractivity contribution is 6.32. The van der Waals surface area contributed by atoms with Crippen molar-refractivity contribution in [3.8, 4) is 23.0 Å². The number of rotatable bonds is 4. The monoisotopic (exact) mass is 321 g/mol. The van der Waals surface area contributed by atoms with Gasteiger partial charge in [0.15, 0.2) is 17.2 Å². The lowest BCUT2D eigenvalue weighted by atomic mass is 10.2. The van der Waals surface area contributed by atoms with Crippen molar-refractivity contribution in [1.29, 1.82) is 0 Å². The Labute approximate surface area is 133 Å². The second-order valence-corrected chi connectivity index (χ2v) is 5.05. The highest BCUT2D eigenvalue weighted by Gasteiger charge is 2.17. The standard InChI is InChI=1S/C16H16ClNO4/c1-19-13-9-15-14(21-6-7-22-15)8-12(13)18-11-5-3-4-10(17)16(11)20-2/h3-5,8-9,18H,6-7H2,1-2H3. The van der Waals surface area contributed by atoms with Crippen LogP contribution in [0.1, 0.15) is 0 Å². The largest absolute Gasteiger partial charge is 0.494 e. The Balaban J connectivity index is 2.00. The van der Waals surface area contributed by atoms with E-state index in [0.29, 0.717) is 41.2 Å². The van der Waals surface area contributed by atoms with E-state index in [1.165, 1.54) is 0 Å². The first-order valence-electron chi connectivity index (χ1n) is 6.80. The predicted octanol–water partition coefficient (Wildman–Crippen LogP) is 3.87. The van der Waals surface area contributed by atoms with Gasteiger partial charge >= 0.3 is 0 Å². The van der Waals surface area contributed by atoms with Gasteiger partial charge < -0.3 is 24.3 Å². The van der Waals surface area contributed by atoms with E-state index in [4.69, 9.17) is 30.5 Å². The molecule has 0 unspecified atom stereocenters. The third-order valence-corrected chi connectivity index (χ3v) is 3.60. The number of hydrogen-bond donors (Lipinski definition) is 1. The van der Waals surface area contributed by atoms with Crippen LogP contribution in [0.15, 0.2) is 30.3 Å². The van der Waals surface area contributed by atoms with Crippen LogP contribution in [0.3, 0.4) is 0 Å². The van der Waals surface area contributed by atoms with E-state index in [-0.39, 0.29) is 0 Å². The molecule has 3 rings (SSSR count). The molecule has 0 bridgehead atoms. The SMILES string of the molecule is COc1cc2c(cc1Nc1cccc(Cl)c1OC)OCCO2. The molecule has 1 aliphatic heterocycles. The van der Waals surface area contributed by atoms with Crippen LogP contribution in [0.5, 0.6) is 23.0 Å². The molecule has 0 radical (unpaired) electrons. The van der Waals surface area contributed by atoms with Crippen molar-refractivity contribution in [3.05, 3.63) is 35.4 Å². The second kappa shape index (κ2) is 6.23. The summed E-state index contributed by atoms with van der Waals surface area (Å²) < 4.78 is 21.9. The Morgan fingerprint density at radius 2 is 1.73 bits per heavy atom. The number of fused-ring (bicyclic) bond motifs is 1. The molecule has 116 valence electrons. The van der Waals surface area contributed by atoms with Crippen LogP contribution in [0.25, 0.3) is 0 Å². The third-order valence-electron chi connectivity index (χ3n) is 3.30. The Bertz CT molecular complexity index is 690. The minimum absolute atomic E-state index is 0.527. The Morgan fingerprint density at radius 3 is 2.41 bits per heavy atom. The lowest BCUT2D eigenvalue weighted by molar-refractivity contribution is 0.171. The first kappa shape index (κ1) is 14.7. The van der Waals surface area contributed by atoms with E-state index >= 15 is 0 Å². The summed E-state index contributed by atoms with van der Waals surface area (Å²) in [5.74, 6) is 2.56. The van der Waals surface area contributed by atoms with Crippen LogP contribution in [-0.4, -0.2) is 27.4 Å². The number of para-hydroxylation sites is 1. The number of benzene rings is 2. The van der Waals surface area contributed by atoms with Crippen molar-refractivity contribution >= 4 is 23.0 Å². The zero-order valence-electron chi connectivity index (χ0n) is 12.3. The number of nitrogens with one attached hydrogen (secondary N) is 1. The zero-order chi connectivity index (χ0) is 15.5. The predicted molar refractivity (Wildman–Crippen MR) is 85.3 cm³/mol. The highest BCUT2D eigenvalue weighted by Crippen LogP contribution is 2.42. The van der Waals surface area contributed by atoms with Gasteiger partial charge in [0.05, 0.1) is 30.6 Å². The fourth-order valence-corrected chi connectivity index (χ4v) is 2.55. The number of anilines is 2. The summed E-state index contributed by atoms with van der Waals surface area (Å²) in [6, 6.07) is 9.13. The number of ether oxygens (including phenoxy) is 4. The fraction of sp³-hybridized carbons (Fsp3) is 0.250. The van der Waals surface area contributed by atoms with Crippen molar-refractivity contribution in [2.24, 2.45) is 0 Å². The Morgan fingerprint density at radius 1 is 1.00 bits per heavy atom. The summed E-state index contributed by atoms with van der Waals surface area (Å²) >= 11 is 6.14. The van der Waals surface area contributed by atoms with Crippen LogP contribution in [0.4, 0.5) is 11.4 Å². The summed E-state index contributed by atoms with van der Waals surface area (Å²) in [6.45, 7) is 1.06. The van der Waals surface area contributed by atoms with E-state index in [1.807, 2.05) is 18.2 Å². The fourth-order valence-electron chi connectivity index (χ4n) is 2.30. The van der Waals surface area contributed by atoms with Crippen LogP contribution >= 0.6 is 11.6 Å². The minimum atomic E-state index is 0.527. The van der Waals surface area contributed by atoms with Crippen molar-refractivity contribution < 1.29 is 18.9 Å². The van der Waals surface area contributed by atoms with Crippen molar-refractivity contribution in [3.63, 3.8) is 0 Å². The molecule has 6 heteroatoms. The van der Waals surface area contributed by atoms with Crippen LogP contribution < -0.4 is 24.3 Å². The first-order chi connectivity index (χ1) is 10.7. The molecule has 0 saturated carbocycles.